The third-order valence-electron chi connectivity index (χ3n) is 5.24. The Hall–Kier alpha value is -4.29. The van der Waals surface area contributed by atoms with Crippen LogP contribution in [0.1, 0.15) is 27.0 Å². The van der Waals surface area contributed by atoms with Crippen LogP contribution in [0.2, 0.25) is 5.02 Å². The van der Waals surface area contributed by atoms with Gasteiger partial charge in [0.25, 0.3) is 5.91 Å². The van der Waals surface area contributed by atoms with E-state index in [2.05, 4.69) is 10.5 Å². The maximum absolute atomic E-state index is 12.7. The minimum atomic E-state index is -0.382. The molecule has 182 valence electrons. The highest BCUT2D eigenvalue weighted by atomic mass is 35.5. The number of carbonyl (C=O) groups is 1. The van der Waals surface area contributed by atoms with Crippen molar-refractivity contribution in [2.75, 3.05) is 7.11 Å². The van der Waals surface area contributed by atoms with Crippen LogP contribution in [0.5, 0.6) is 17.2 Å². The molecule has 0 heterocycles. The zero-order valence-corrected chi connectivity index (χ0v) is 20.4. The van der Waals surface area contributed by atoms with Crippen LogP contribution in [0.15, 0.2) is 102 Å². The van der Waals surface area contributed by atoms with Gasteiger partial charge in [0.2, 0.25) is 0 Å². The van der Waals surface area contributed by atoms with Crippen molar-refractivity contribution in [3.05, 3.63) is 124 Å². The Morgan fingerprint density at radius 2 is 1.47 bits per heavy atom. The number of hydrogen-bond acceptors (Lipinski definition) is 5. The Morgan fingerprint density at radius 3 is 2.22 bits per heavy atom. The third kappa shape index (κ3) is 6.87. The molecule has 0 bridgehead atoms. The number of nitrogens with one attached hydrogen (secondary N) is 1. The Labute approximate surface area is 215 Å². The predicted molar refractivity (Wildman–Crippen MR) is 141 cm³/mol. The van der Waals surface area contributed by atoms with Crippen LogP contribution in [0, 0.1) is 0 Å². The van der Waals surface area contributed by atoms with Crippen molar-refractivity contribution in [2.24, 2.45) is 5.10 Å². The molecule has 7 heteroatoms. The molecule has 1 amide bonds. The molecule has 6 nitrogen and oxygen atoms in total. The van der Waals surface area contributed by atoms with Crippen molar-refractivity contribution in [3.63, 3.8) is 0 Å². The van der Waals surface area contributed by atoms with Crippen LogP contribution in [0.25, 0.3) is 0 Å². The van der Waals surface area contributed by atoms with Crippen LogP contribution in [-0.2, 0) is 13.2 Å². The van der Waals surface area contributed by atoms with Crippen molar-refractivity contribution in [2.45, 2.75) is 13.2 Å². The molecule has 4 rings (SSSR count). The van der Waals surface area contributed by atoms with Crippen molar-refractivity contribution < 1.29 is 19.0 Å². The van der Waals surface area contributed by atoms with Crippen molar-refractivity contribution in [1.82, 2.24) is 5.43 Å². The first-order chi connectivity index (χ1) is 17.6. The number of benzene rings is 4. The predicted octanol–water partition coefficient (Wildman–Crippen LogP) is 6.27. The molecule has 0 aliphatic carbocycles. The lowest BCUT2D eigenvalue weighted by Crippen LogP contribution is -2.18. The number of rotatable bonds is 10. The van der Waals surface area contributed by atoms with Crippen molar-refractivity contribution >= 4 is 23.7 Å². The van der Waals surface area contributed by atoms with Gasteiger partial charge in [-0.05, 0) is 59.2 Å². The molecule has 1 N–H and O–H groups in total. The smallest absolute Gasteiger partial charge is 0.275 e. The van der Waals surface area contributed by atoms with Gasteiger partial charge in [0, 0.05) is 5.02 Å². The molecule has 0 radical (unpaired) electrons. The SMILES string of the molecule is COc1cc(/C=N/NC(=O)c2ccccc2OCc2ccc(Cl)cc2)ccc1OCc1ccccc1. The summed E-state index contributed by atoms with van der Waals surface area (Å²) < 4.78 is 17.2. The lowest BCUT2D eigenvalue weighted by Gasteiger charge is -2.11. The minimum Gasteiger partial charge on any atom is -0.493 e. The van der Waals surface area contributed by atoms with Gasteiger partial charge in [-0.15, -0.1) is 0 Å². The summed E-state index contributed by atoms with van der Waals surface area (Å²) in [5.74, 6) is 1.27. The zero-order chi connectivity index (χ0) is 25.2. The molecule has 0 atom stereocenters. The topological polar surface area (TPSA) is 69.2 Å². The van der Waals surface area contributed by atoms with E-state index >= 15 is 0 Å². The van der Waals surface area contributed by atoms with Crippen LogP contribution < -0.4 is 19.6 Å². The monoisotopic (exact) mass is 500 g/mol. The van der Waals surface area contributed by atoms with Crippen LogP contribution in [-0.4, -0.2) is 19.2 Å². The van der Waals surface area contributed by atoms with E-state index in [1.54, 1.807) is 49.7 Å². The summed E-state index contributed by atoms with van der Waals surface area (Å²) in [7, 11) is 1.58. The number of methoxy groups -OCH3 is 1. The number of hydrazone groups is 1. The second-order valence-electron chi connectivity index (χ2n) is 7.79. The Balaban J connectivity index is 1.36. The van der Waals surface area contributed by atoms with E-state index in [0.717, 1.165) is 16.7 Å². The molecular formula is C29H25ClN2O4. The van der Waals surface area contributed by atoms with Crippen LogP contribution in [0.4, 0.5) is 0 Å². The van der Waals surface area contributed by atoms with E-state index < -0.39 is 0 Å². The van der Waals surface area contributed by atoms with Gasteiger partial charge in [-0.3, -0.25) is 4.79 Å². The number of hydrogen-bond donors (Lipinski definition) is 1. The van der Waals surface area contributed by atoms with Gasteiger partial charge in [-0.1, -0.05) is 66.2 Å². The van der Waals surface area contributed by atoms with E-state index in [1.165, 1.54) is 0 Å². The van der Waals surface area contributed by atoms with E-state index in [0.29, 0.717) is 41.0 Å². The van der Waals surface area contributed by atoms with Gasteiger partial charge < -0.3 is 14.2 Å². The lowest BCUT2D eigenvalue weighted by molar-refractivity contribution is 0.0950. The van der Waals surface area contributed by atoms with E-state index in [9.17, 15) is 4.79 Å². The normalized spacial score (nSPS) is 10.7. The number of carbonyl (C=O) groups excluding carboxylic acids is 1. The zero-order valence-electron chi connectivity index (χ0n) is 19.7. The molecule has 0 saturated heterocycles. The molecule has 0 aliphatic rings. The molecule has 0 saturated carbocycles. The highest BCUT2D eigenvalue weighted by molar-refractivity contribution is 6.30. The summed E-state index contributed by atoms with van der Waals surface area (Å²) >= 11 is 5.93. The highest BCUT2D eigenvalue weighted by Gasteiger charge is 2.12. The fourth-order valence-corrected chi connectivity index (χ4v) is 3.49. The second-order valence-corrected chi connectivity index (χ2v) is 8.23. The first kappa shape index (κ1) is 24.8. The van der Waals surface area contributed by atoms with E-state index in [1.807, 2.05) is 60.7 Å². The highest BCUT2D eigenvalue weighted by Crippen LogP contribution is 2.28. The Bertz CT molecular complexity index is 1320. The maximum Gasteiger partial charge on any atom is 0.275 e. The average molecular weight is 501 g/mol. The van der Waals surface area contributed by atoms with Gasteiger partial charge >= 0.3 is 0 Å². The number of ether oxygens (including phenoxy) is 3. The molecule has 4 aromatic rings. The summed E-state index contributed by atoms with van der Waals surface area (Å²) in [6.45, 7) is 0.739. The largest absolute Gasteiger partial charge is 0.493 e. The first-order valence-corrected chi connectivity index (χ1v) is 11.6. The fraction of sp³-hybridized carbons (Fsp3) is 0.103. The Kier molecular flexibility index (Phi) is 8.57. The van der Waals surface area contributed by atoms with Crippen LogP contribution in [0.3, 0.4) is 0 Å². The lowest BCUT2D eigenvalue weighted by atomic mass is 10.2. The average Bonchev–Trinajstić information content (AvgIpc) is 2.92. The number of amides is 1. The summed E-state index contributed by atoms with van der Waals surface area (Å²) in [5, 5.41) is 4.75. The van der Waals surface area contributed by atoms with Crippen molar-refractivity contribution in [3.8, 4) is 17.2 Å². The van der Waals surface area contributed by atoms with Crippen molar-refractivity contribution in [1.29, 1.82) is 0 Å². The molecule has 36 heavy (non-hydrogen) atoms. The quantitative estimate of drug-likeness (QED) is 0.206. The van der Waals surface area contributed by atoms with Gasteiger partial charge in [0.1, 0.15) is 19.0 Å². The summed E-state index contributed by atoms with van der Waals surface area (Å²) in [5.41, 5.74) is 5.68. The summed E-state index contributed by atoms with van der Waals surface area (Å²) in [6.07, 6.45) is 1.54. The first-order valence-electron chi connectivity index (χ1n) is 11.3. The molecular weight excluding hydrogens is 476 g/mol. The number of para-hydroxylation sites is 1. The van der Waals surface area contributed by atoms with E-state index in [4.69, 9.17) is 25.8 Å². The molecule has 0 aromatic heterocycles. The summed E-state index contributed by atoms with van der Waals surface area (Å²) in [4.78, 5) is 12.7. The maximum atomic E-state index is 12.7. The molecule has 0 unspecified atom stereocenters. The molecule has 0 fully saturated rings. The van der Waals surface area contributed by atoms with Gasteiger partial charge in [0.05, 0.1) is 18.9 Å². The van der Waals surface area contributed by atoms with Gasteiger partial charge in [-0.2, -0.15) is 5.10 Å². The van der Waals surface area contributed by atoms with Gasteiger partial charge in [0.15, 0.2) is 11.5 Å². The number of nitrogens with zero attached hydrogens (tertiary/aromatic N) is 1. The van der Waals surface area contributed by atoms with Gasteiger partial charge in [-0.25, -0.2) is 5.43 Å². The van der Waals surface area contributed by atoms with Crippen LogP contribution >= 0.6 is 11.6 Å². The molecule has 0 spiro atoms. The third-order valence-corrected chi connectivity index (χ3v) is 5.50. The Morgan fingerprint density at radius 1 is 0.806 bits per heavy atom. The second kappa shape index (κ2) is 12.4. The summed E-state index contributed by atoms with van der Waals surface area (Å²) in [6, 6.07) is 29.7. The fourth-order valence-electron chi connectivity index (χ4n) is 3.37. The molecule has 4 aromatic carbocycles. The standard InChI is InChI=1S/C29H25ClN2O4/c1-34-28-17-23(13-16-27(28)36-19-21-7-3-2-4-8-21)18-31-32-29(33)25-9-5-6-10-26(25)35-20-22-11-14-24(30)15-12-22/h2-18H,19-20H2,1H3,(H,32,33)/b31-18+. The number of halogens is 1. The van der Waals surface area contributed by atoms with E-state index in [-0.39, 0.29) is 5.91 Å². The minimum absolute atomic E-state index is 0.309. The molecule has 0 aliphatic heterocycles.